The summed E-state index contributed by atoms with van der Waals surface area (Å²) < 4.78 is 59.9. The highest BCUT2D eigenvalue weighted by molar-refractivity contribution is 7.91. The van der Waals surface area contributed by atoms with Crippen LogP contribution in [0.4, 0.5) is 4.39 Å². The molecule has 1 N–H and O–H groups in total. The van der Waals surface area contributed by atoms with E-state index in [2.05, 4.69) is 18.6 Å². The molecule has 1 aromatic heterocycles. The van der Waals surface area contributed by atoms with E-state index in [4.69, 9.17) is 19.2 Å². The maximum Gasteiger partial charge on any atom is 0.306 e. The number of ether oxygens (including phenoxy) is 3. The Hall–Kier alpha value is -4.85. The van der Waals surface area contributed by atoms with Crippen molar-refractivity contribution in [3.63, 3.8) is 0 Å². The van der Waals surface area contributed by atoms with Crippen molar-refractivity contribution in [2.24, 2.45) is 34.5 Å². The zero-order chi connectivity index (χ0) is 44.2. The first kappa shape index (κ1) is 43.8. The van der Waals surface area contributed by atoms with E-state index in [1.807, 2.05) is 37.3 Å². The van der Waals surface area contributed by atoms with Gasteiger partial charge in [0.1, 0.15) is 17.7 Å². The number of carbonyl (C=O) groups excluding carboxylic acids is 4. The SMILES string of the molecule is COc1ccc2c(O[C@@H]3C[C@H]4C(=O)C[C@]5(C(=O)NS(=O)(=O)C6(C)CC6)C[C@H]5/C=C\CC[C@@H](C)C[C@@H](C)[C@H](CC(=O)OCC5(C)CC5)C(=O)N4C3)nc(-c3ccc(F)cc3)cc2c1. The molecule has 8 rings (SSSR count). The fourth-order valence-electron chi connectivity index (χ4n) is 9.28. The summed E-state index contributed by atoms with van der Waals surface area (Å²) in [4.78, 5) is 64.0. The highest BCUT2D eigenvalue weighted by atomic mass is 32.2. The average molecular weight is 872 g/mol. The summed E-state index contributed by atoms with van der Waals surface area (Å²) in [5.74, 6) is -2.65. The maximum atomic E-state index is 15.1. The standard InChI is InChI=1S/C48H58FN3O9S/c1-29-8-6-7-9-33-25-48(33,45(56)51-62(57,58)47(4)18-19-47)26-41(53)40-23-36(27-52(40)44(55)38(30(2)20-29)24-42(54)60-28-46(3)16-17-46)61-43-37-15-14-35(59-5)21-32(37)22-39(50-43)31-10-12-34(49)13-11-31/h7,9-15,21-22,29-30,33,36,38,40H,6,8,16-20,23-28H2,1-5H3,(H,51,56)/b9-7-/t29-,30-,33-,36-,38+,40+,48-/m1/s1. The number of rotatable bonds is 11. The lowest BCUT2D eigenvalue weighted by atomic mass is 9.82. The van der Waals surface area contributed by atoms with E-state index < -0.39 is 55.9 Å². The number of benzene rings is 2. The highest BCUT2D eigenvalue weighted by Crippen LogP contribution is 2.58. The molecule has 2 amide bonds. The molecule has 14 heteroatoms. The van der Waals surface area contributed by atoms with Crippen LogP contribution in [0.1, 0.15) is 98.3 Å². The van der Waals surface area contributed by atoms with Crippen LogP contribution in [0.5, 0.6) is 11.6 Å². The zero-order valence-electron chi connectivity index (χ0n) is 36.3. The first-order chi connectivity index (χ1) is 29.4. The van der Waals surface area contributed by atoms with Crippen molar-refractivity contribution in [2.75, 3.05) is 20.3 Å². The van der Waals surface area contributed by atoms with Crippen molar-refractivity contribution in [3.05, 3.63) is 66.5 Å². The van der Waals surface area contributed by atoms with Crippen LogP contribution in [0.2, 0.25) is 0 Å². The van der Waals surface area contributed by atoms with Gasteiger partial charge in [0.25, 0.3) is 0 Å². The van der Waals surface area contributed by atoms with E-state index in [-0.39, 0.29) is 73.2 Å². The number of fused-ring (bicyclic) bond motifs is 3. The Morgan fingerprint density at radius 1 is 1.00 bits per heavy atom. The Morgan fingerprint density at radius 2 is 1.74 bits per heavy atom. The van der Waals surface area contributed by atoms with Crippen molar-refractivity contribution in [1.82, 2.24) is 14.6 Å². The summed E-state index contributed by atoms with van der Waals surface area (Å²) in [7, 11) is -2.42. The predicted octanol–water partition coefficient (Wildman–Crippen LogP) is 7.72. The lowest BCUT2D eigenvalue weighted by Crippen LogP contribution is -2.48. The molecule has 332 valence electrons. The van der Waals surface area contributed by atoms with Gasteiger partial charge in [0.15, 0.2) is 5.78 Å². The molecule has 0 unspecified atom stereocenters. The molecule has 12 nitrogen and oxygen atoms in total. The van der Waals surface area contributed by atoms with Gasteiger partial charge in [-0.15, -0.1) is 0 Å². The maximum absolute atomic E-state index is 15.1. The van der Waals surface area contributed by atoms with E-state index in [1.54, 1.807) is 32.2 Å². The van der Waals surface area contributed by atoms with Gasteiger partial charge in [0.05, 0.1) is 54.5 Å². The number of nitrogens with zero attached hydrogens (tertiary/aromatic N) is 2. The number of nitrogens with one attached hydrogen (secondary N) is 1. The molecule has 2 aliphatic heterocycles. The van der Waals surface area contributed by atoms with Gasteiger partial charge in [-0.25, -0.2) is 17.8 Å². The molecule has 0 spiro atoms. The highest BCUT2D eigenvalue weighted by Gasteiger charge is 2.63. The van der Waals surface area contributed by atoms with E-state index in [0.29, 0.717) is 54.5 Å². The van der Waals surface area contributed by atoms with Crippen molar-refractivity contribution < 1.29 is 46.2 Å². The number of amides is 2. The summed E-state index contributed by atoms with van der Waals surface area (Å²) in [6.45, 7) is 8.05. The van der Waals surface area contributed by atoms with Gasteiger partial charge in [0, 0.05) is 29.2 Å². The summed E-state index contributed by atoms with van der Waals surface area (Å²) in [6.07, 6.45) is 8.15. The molecule has 3 saturated carbocycles. The number of carbonyl (C=O) groups is 4. The molecular formula is C48H58FN3O9S. The van der Waals surface area contributed by atoms with E-state index in [9.17, 15) is 27.2 Å². The fourth-order valence-corrected chi connectivity index (χ4v) is 10.6. The number of halogens is 1. The molecule has 0 radical (unpaired) electrons. The number of allylic oxidation sites excluding steroid dienone is 2. The normalized spacial score (nSPS) is 29.6. The Balaban J connectivity index is 1.14. The second-order valence-electron chi connectivity index (χ2n) is 19.5. The number of hydrogen-bond acceptors (Lipinski definition) is 10. The first-order valence-corrected chi connectivity index (χ1v) is 23.5. The molecule has 3 heterocycles. The number of hydrogen-bond donors (Lipinski definition) is 1. The number of Topliss-reactive ketones (excluding diaryl/α,β-unsaturated/α-hetero) is 1. The van der Waals surface area contributed by atoms with Crippen LogP contribution in [0.25, 0.3) is 22.0 Å². The Labute approximate surface area is 363 Å². The smallest absolute Gasteiger partial charge is 0.306 e. The van der Waals surface area contributed by atoms with Crippen molar-refractivity contribution in [2.45, 2.75) is 115 Å². The van der Waals surface area contributed by atoms with Crippen molar-refractivity contribution in [3.8, 4) is 22.9 Å². The van der Waals surface area contributed by atoms with Crippen LogP contribution < -0.4 is 14.2 Å². The lowest BCUT2D eigenvalue weighted by Gasteiger charge is -2.32. The van der Waals surface area contributed by atoms with Crippen molar-refractivity contribution >= 4 is 44.4 Å². The average Bonchev–Trinajstić information content (AvgIpc) is 4.20. The number of esters is 1. The topological polar surface area (TPSA) is 158 Å². The Morgan fingerprint density at radius 3 is 2.44 bits per heavy atom. The third-order valence-corrected chi connectivity index (χ3v) is 16.4. The van der Waals surface area contributed by atoms with Crippen LogP contribution in [0.3, 0.4) is 0 Å². The van der Waals surface area contributed by atoms with Gasteiger partial charge in [-0.3, -0.25) is 23.9 Å². The molecule has 2 aromatic carbocycles. The monoisotopic (exact) mass is 871 g/mol. The number of methoxy groups -OCH3 is 1. The minimum Gasteiger partial charge on any atom is -0.497 e. The number of ketones is 1. The van der Waals surface area contributed by atoms with Crippen LogP contribution in [0, 0.1) is 40.3 Å². The van der Waals surface area contributed by atoms with Gasteiger partial charge in [-0.1, -0.05) is 32.9 Å². The van der Waals surface area contributed by atoms with Crippen molar-refractivity contribution in [1.29, 1.82) is 0 Å². The molecule has 3 aliphatic carbocycles. The lowest BCUT2D eigenvalue weighted by molar-refractivity contribution is -0.152. The largest absolute Gasteiger partial charge is 0.497 e. The third-order valence-electron chi connectivity index (χ3n) is 14.3. The van der Waals surface area contributed by atoms with E-state index in [1.165, 1.54) is 17.0 Å². The van der Waals surface area contributed by atoms with Gasteiger partial charge in [0.2, 0.25) is 27.7 Å². The van der Waals surface area contributed by atoms with E-state index in [0.717, 1.165) is 24.6 Å². The molecule has 62 heavy (non-hydrogen) atoms. The van der Waals surface area contributed by atoms with Gasteiger partial charge >= 0.3 is 5.97 Å². The minimum absolute atomic E-state index is 0.00347. The number of sulfonamides is 1. The van der Waals surface area contributed by atoms with Crippen LogP contribution in [-0.2, 0) is 33.9 Å². The molecule has 7 atom stereocenters. The minimum atomic E-state index is -3.99. The first-order valence-electron chi connectivity index (χ1n) is 22.1. The molecule has 0 bridgehead atoms. The zero-order valence-corrected chi connectivity index (χ0v) is 37.1. The summed E-state index contributed by atoms with van der Waals surface area (Å²) in [6, 6.07) is 12.2. The van der Waals surface area contributed by atoms with Crippen LogP contribution in [-0.4, -0.2) is 79.0 Å². The fraction of sp³-hybridized carbons (Fsp3) is 0.562. The molecule has 5 aliphatic rings. The molecule has 1 saturated heterocycles. The van der Waals surface area contributed by atoms with E-state index >= 15 is 4.79 Å². The van der Waals surface area contributed by atoms with Gasteiger partial charge in [-0.05, 0) is 130 Å². The Kier molecular flexibility index (Phi) is 11.8. The molecule has 4 fully saturated rings. The van der Waals surface area contributed by atoms with Gasteiger partial charge < -0.3 is 19.1 Å². The number of aromatic nitrogens is 1. The summed E-state index contributed by atoms with van der Waals surface area (Å²) in [5.41, 5.74) is -0.185. The molecule has 3 aromatic rings. The second kappa shape index (κ2) is 16.7. The van der Waals surface area contributed by atoms with Gasteiger partial charge in [-0.2, -0.15) is 0 Å². The Bertz CT molecular complexity index is 2400. The molecular weight excluding hydrogens is 814 g/mol. The quantitative estimate of drug-likeness (QED) is 0.149. The summed E-state index contributed by atoms with van der Waals surface area (Å²) in [5, 5.41) is 1.39. The second-order valence-corrected chi connectivity index (χ2v) is 21.7. The summed E-state index contributed by atoms with van der Waals surface area (Å²) >= 11 is 0. The van der Waals surface area contributed by atoms with Crippen LogP contribution >= 0.6 is 0 Å². The van der Waals surface area contributed by atoms with Crippen LogP contribution in [0.15, 0.2) is 60.7 Å². The number of pyridine rings is 1. The predicted molar refractivity (Wildman–Crippen MR) is 231 cm³/mol. The third kappa shape index (κ3) is 9.12.